The molecule has 0 aromatic carbocycles. The second-order valence-electron chi connectivity index (χ2n) is 4.95. The van der Waals surface area contributed by atoms with Gasteiger partial charge < -0.3 is 10.0 Å². The van der Waals surface area contributed by atoms with Crippen LogP contribution in [0.2, 0.25) is 0 Å². The number of anilines is 1. The summed E-state index contributed by atoms with van der Waals surface area (Å²) in [6.07, 6.45) is 8.43. The number of aromatic nitrogens is 2. The molecule has 0 aliphatic heterocycles. The summed E-state index contributed by atoms with van der Waals surface area (Å²) in [7, 11) is 0. The number of hydrogen-bond acceptors (Lipinski definition) is 5. The number of nitrogens with zero attached hydrogens (tertiary/aromatic N) is 3. The quantitative estimate of drug-likeness (QED) is 0.862. The molecule has 2 rings (SSSR count). The monoisotopic (exact) mass is 269 g/mol. The molecule has 102 valence electrons. The molecule has 1 saturated carbocycles. The Morgan fingerprint density at radius 2 is 2.11 bits per heavy atom. The van der Waals surface area contributed by atoms with E-state index in [9.17, 15) is 5.11 Å². The molecule has 1 aliphatic carbocycles. The lowest BCUT2D eigenvalue weighted by Gasteiger charge is -2.33. The van der Waals surface area contributed by atoms with Crippen molar-refractivity contribution < 1.29 is 5.11 Å². The van der Waals surface area contributed by atoms with Crippen LogP contribution in [-0.2, 0) is 6.42 Å². The Labute approximate surface area is 113 Å². The fraction of sp³-hybridized carbons (Fsp3) is 0.846. The first-order chi connectivity index (χ1) is 8.85. The predicted molar refractivity (Wildman–Crippen MR) is 75.2 cm³/mol. The molecule has 1 aliphatic rings. The van der Waals surface area contributed by atoms with Crippen LogP contribution >= 0.6 is 11.5 Å². The summed E-state index contributed by atoms with van der Waals surface area (Å²) in [6, 6.07) is 0.549. The summed E-state index contributed by atoms with van der Waals surface area (Å²) in [5, 5.41) is 10.3. The van der Waals surface area contributed by atoms with Crippen molar-refractivity contribution in [3.05, 3.63) is 5.82 Å². The highest BCUT2D eigenvalue weighted by molar-refractivity contribution is 7.09. The van der Waals surface area contributed by atoms with E-state index in [0.29, 0.717) is 12.6 Å². The van der Waals surface area contributed by atoms with Gasteiger partial charge in [0.2, 0.25) is 5.13 Å². The van der Waals surface area contributed by atoms with E-state index >= 15 is 0 Å². The Morgan fingerprint density at radius 1 is 1.33 bits per heavy atom. The van der Waals surface area contributed by atoms with E-state index < -0.39 is 0 Å². The highest BCUT2D eigenvalue weighted by Crippen LogP contribution is 2.28. The van der Waals surface area contributed by atoms with Crippen LogP contribution in [0.5, 0.6) is 0 Å². The summed E-state index contributed by atoms with van der Waals surface area (Å²) in [5.41, 5.74) is 0. The number of aliphatic hydroxyl groups is 1. The zero-order valence-corrected chi connectivity index (χ0v) is 12.0. The van der Waals surface area contributed by atoms with Gasteiger partial charge in [0, 0.05) is 30.5 Å². The average Bonchev–Trinajstić information content (AvgIpc) is 2.86. The number of aryl methyl sites for hydroxylation is 1. The van der Waals surface area contributed by atoms with E-state index in [-0.39, 0.29) is 6.61 Å². The standard InChI is InChI=1S/C13H23N3OS/c1-2-6-12-14-13(18-15-12)16(9-10-17)11-7-4-3-5-8-11/h11,17H,2-10H2,1H3. The summed E-state index contributed by atoms with van der Waals surface area (Å²) in [5.74, 6) is 0.955. The van der Waals surface area contributed by atoms with E-state index in [4.69, 9.17) is 0 Å². The van der Waals surface area contributed by atoms with Gasteiger partial charge in [0.25, 0.3) is 0 Å². The SMILES string of the molecule is CCCc1nsc(N(CCO)C2CCCCC2)n1. The molecular formula is C13H23N3OS. The third kappa shape index (κ3) is 3.42. The second-order valence-corrected chi connectivity index (χ2v) is 5.68. The van der Waals surface area contributed by atoms with E-state index in [2.05, 4.69) is 21.2 Å². The van der Waals surface area contributed by atoms with Gasteiger partial charge in [-0.3, -0.25) is 0 Å². The first-order valence-corrected chi connectivity index (χ1v) is 7.82. The average molecular weight is 269 g/mol. The lowest BCUT2D eigenvalue weighted by Crippen LogP contribution is -2.38. The third-order valence-electron chi connectivity index (χ3n) is 3.53. The predicted octanol–water partition coefficient (Wildman–Crippen LogP) is 2.62. The first kappa shape index (κ1) is 13.7. The van der Waals surface area contributed by atoms with Crippen molar-refractivity contribution in [3.8, 4) is 0 Å². The van der Waals surface area contributed by atoms with Crippen LogP contribution in [0.25, 0.3) is 0 Å². The molecule has 0 spiro atoms. The van der Waals surface area contributed by atoms with Crippen molar-refractivity contribution in [1.82, 2.24) is 9.36 Å². The number of hydrogen-bond donors (Lipinski definition) is 1. The van der Waals surface area contributed by atoms with E-state index in [1.165, 1.54) is 43.6 Å². The maximum absolute atomic E-state index is 9.25. The van der Waals surface area contributed by atoms with Gasteiger partial charge in [-0.2, -0.15) is 4.37 Å². The molecule has 4 nitrogen and oxygen atoms in total. The molecule has 1 N–H and O–H groups in total. The highest BCUT2D eigenvalue weighted by atomic mass is 32.1. The van der Waals surface area contributed by atoms with Gasteiger partial charge >= 0.3 is 0 Å². The largest absolute Gasteiger partial charge is 0.395 e. The maximum Gasteiger partial charge on any atom is 0.205 e. The van der Waals surface area contributed by atoms with E-state index in [1.807, 2.05) is 0 Å². The number of rotatable bonds is 6. The first-order valence-electron chi connectivity index (χ1n) is 7.05. The second kappa shape index (κ2) is 7.04. The molecule has 0 amide bonds. The minimum absolute atomic E-state index is 0.194. The van der Waals surface area contributed by atoms with Crippen molar-refractivity contribution >= 4 is 16.7 Å². The van der Waals surface area contributed by atoms with Crippen molar-refractivity contribution in [2.75, 3.05) is 18.1 Å². The molecule has 1 fully saturated rings. The van der Waals surface area contributed by atoms with Crippen LogP contribution in [0.15, 0.2) is 0 Å². The number of aliphatic hydroxyl groups excluding tert-OH is 1. The maximum atomic E-state index is 9.25. The fourth-order valence-electron chi connectivity index (χ4n) is 2.62. The van der Waals surface area contributed by atoms with Gasteiger partial charge in [-0.15, -0.1) is 0 Å². The van der Waals surface area contributed by atoms with Crippen molar-refractivity contribution in [1.29, 1.82) is 0 Å². The summed E-state index contributed by atoms with van der Waals surface area (Å²) in [6.45, 7) is 3.03. The van der Waals surface area contributed by atoms with E-state index in [1.54, 1.807) is 0 Å². The molecule has 18 heavy (non-hydrogen) atoms. The Kier molecular flexibility index (Phi) is 5.38. The van der Waals surface area contributed by atoms with Crippen LogP contribution in [0, 0.1) is 0 Å². The molecule has 0 unspecified atom stereocenters. The van der Waals surface area contributed by atoms with Gasteiger partial charge in [0.05, 0.1) is 6.61 Å². The Hall–Kier alpha value is -0.680. The van der Waals surface area contributed by atoms with Crippen LogP contribution < -0.4 is 4.90 Å². The zero-order valence-electron chi connectivity index (χ0n) is 11.1. The summed E-state index contributed by atoms with van der Waals surface area (Å²) < 4.78 is 4.41. The molecule has 0 bridgehead atoms. The zero-order chi connectivity index (χ0) is 12.8. The van der Waals surface area contributed by atoms with Gasteiger partial charge in [0.15, 0.2) is 0 Å². The van der Waals surface area contributed by atoms with Crippen LogP contribution in [0.3, 0.4) is 0 Å². The Morgan fingerprint density at radius 3 is 2.78 bits per heavy atom. The smallest absolute Gasteiger partial charge is 0.205 e. The van der Waals surface area contributed by atoms with Crippen molar-refractivity contribution in [3.63, 3.8) is 0 Å². The normalized spacial score (nSPS) is 17.0. The van der Waals surface area contributed by atoms with Crippen LogP contribution in [-0.4, -0.2) is 33.7 Å². The summed E-state index contributed by atoms with van der Waals surface area (Å²) in [4.78, 5) is 6.89. The minimum Gasteiger partial charge on any atom is -0.395 e. The van der Waals surface area contributed by atoms with Gasteiger partial charge in [-0.25, -0.2) is 4.98 Å². The Bertz CT molecular complexity index is 350. The van der Waals surface area contributed by atoms with Gasteiger partial charge in [-0.05, 0) is 19.3 Å². The molecule has 0 atom stereocenters. The molecule has 5 heteroatoms. The topological polar surface area (TPSA) is 49.2 Å². The van der Waals surface area contributed by atoms with Crippen molar-refractivity contribution in [2.24, 2.45) is 0 Å². The van der Waals surface area contributed by atoms with E-state index in [0.717, 1.165) is 23.8 Å². The fourth-order valence-corrected chi connectivity index (χ4v) is 3.43. The van der Waals surface area contributed by atoms with Crippen molar-refractivity contribution in [2.45, 2.75) is 57.9 Å². The minimum atomic E-state index is 0.194. The molecular weight excluding hydrogens is 246 g/mol. The molecule has 0 radical (unpaired) electrons. The van der Waals surface area contributed by atoms with Crippen LogP contribution in [0.1, 0.15) is 51.3 Å². The highest BCUT2D eigenvalue weighted by Gasteiger charge is 2.23. The lowest BCUT2D eigenvalue weighted by atomic mass is 9.94. The molecule has 1 aromatic rings. The third-order valence-corrected chi connectivity index (χ3v) is 4.32. The van der Waals surface area contributed by atoms with Gasteiger partial charge in [-0.1, -0.05) is 26.2 Å². The lowest BCUT2D eigenvalue weighted by molar-refractivity contribution is 0.290. The molecule has 0 saturated heterocycles. The van der Waals surface area contributed by atoms with Gasteiger partial charge in [0.1, 0.15) is 5.82 Å². The van der Waals surface area contributed by atoms with Crippen LogP contribution in [0.4, 0.5) is 5.13 Å². The Balaban J connectivity index is 2.06. The molecule has 1 aromatic heterocycles. The summed E-state index contributed by atoms with van der Waals surface area (Å²) >= 11 is 1.48. The molecule has 1 heterocycles.